The van der Waals surface area contributed by atoms with Crippen molar-refractivity contribution in [3.05, 3.63) is 0 Å². The third-order valence-electron chi connectivity index (χ3n) is 4.34. The monoisotopic (exact) mass is 254 g/mol. The van der Waals surface area contributed by atoms with Gasteiger partial charge in [-0.25, -0.2) is 0 Å². The molecule has 0 saturated heterocycles. The van der Waals surface area contributed by atoms with E-state index in [4.69, 9.17) is 5.11 Å². The van der Waals surface area contributed by atoms with Crippen LogP contribution in [-0.4, -0.2) is 16.9 Å². The van der Waals surface area contributed by atoms with Crippen LogP contribution in [0.3, 0.4) is 0 Å². The zero-order chi connectivity index (χ0) is 13.9. The molecule has 1 atom stereocenters. The van der Waals surface area contributed by atoms with E-state index in [1.54, 1.807) is 6.92 Å². The maximum Gasteiger partial charge on any atom is 0.306 e. The van der Waals surface area contributed by atoms with Gasteiger partial charge in [0.2, 0.25) is 0 Å². The molecular formula is C15H26O3. The van der Waals surface area contributed by atoms with E-state index in [1.807, 2.05) is 0 Å². The van der Waals surface area contributed by atoms with Gasteiger partial charge in [-0.05, 0) is 37.0 Å². The van der Waals surface area contributed by atoms with E-state index in [2.05, 4.69) is 20.8 Å². The van der Waals surface area contributed by atoms with Gasteiger partial charge in [0.05, 0.1) is 5.92 Å². The van der Waals surface area contributed by atoms with E-state index in [0.717, 1.165) is 25.7 Å². The lowest BCUT2D eigenvalue weighted by Gasteiger charge is -2.36. The molecule has 0 aromatic heterocycles. The second-order valence-electron chi connectivity index (χ2n) is 6.82. The number of rotatable bonds is 4. The number of aliphatic carboxylic acids is 1. The van der Waals surface area contributed by atoms with Crippen molar-refractivity contribution in [3.63, 3.8) is 0 Å². The standard InChI is InChI=1S/C15H26O3/c1-10(14(17)18)9-13(16)11-5-7-12(8-6-11)15(2,3)4/h10-12H,5-9H2,1-4H3,(H,17,18). The fourth-order valence-electron chi connectivity index (χ4n) is 2.84. The number of carbonyl (C=O) groups is 2. The van der Waals surface area contributed by atoms with E-state index in [9.17, 15) is 9.59 Å². The SMILES string of the molecule is CC(CC(=O)C1CCC(C(C)(C)C)CC1)C(=O)O. The third-order valence-corrected chi connectivity index (χ3v) is 4.34. The van der Waals surface area contributed by atoms with E-state index in [-0.39, 0.29) is 18.1 Å². The Kier molecular flexibility index (Phi) is 4.94. The Balaban J connectivity index is 2.43. The summed E-state index contributed by atoms with van der Waals surface area (Å²) >= 11 is 0. The summed E-state index contributed by atoms with van der Waals surface area (Å²) in [6.45, 7) is 8.38. The average Bonchev–Trinajstić information content (AvgIpc) is 2.27. The molecule has 1 aliphatic rings. The first-order chi connectivity index (χ1) is 8.21. The predicted molar refractivity (Wildman–Crippen MR) is 71.3 cm³/mol. The second kappa shape index (κ2) is 5.85. The quantitative estimate of drug-likeness (QED) is 0.835. The highest BCUT2D eigenvalue weighted by Crippen LogP contribution is 2.40. The first-order valence-electron chi connectivity index (χ1n) is 6.97. The minimum Gasteiger partial charge on any atom is -0.481 e. The van der Waals surface area contributed by atoms with Gasteiger partial charge in [-0.2, -0.15) is 0 Å². The number of carboxylic acid groups (broad SMARTS) is 1. The molecule has 0 aromatic rings. The summed E-state index contributed by atoms with van der Waals surface area (Å²) in [5.74, 6) is -0.467. The summed E-state index contributed by atoms with van der Waals surface area (Å²) < 4.78 is 0. The molecule has 0 heterocycles. The molecule has 0 bridgehead atoms. The topological polar surface area (TPSA) is 54.4 Å². The molecule has 1 fully saturated rings. The van der Waals surface area contributed by atoms with Gasteiger partial charge in [-0.3, -0.25) is 9.59 Å². The summed E-state index contributed by atoms with van der Waals surface area (Å²) in [7, 11) is 0. The van der Waals surface area contributed by atoms with Crippen LogP contribution in [0.25, 0.3) is 0 Å². The number of hydrogen-bond donors (Lipinski definition) is 1. The van der Waals surface area contributed by atoms with Crippen LogP contribution in [0.5, 0.6) is 0 Å². The molecule has 1 aliphatic carbocycles. The van der Waals surface area contributed by atoms with Gasteiger partial charge in [-0.1, -0.05) is 27.7 Å². The Morgan fingerprint density at radius 2 is 1.67 bits per heavy atom. The molecule has 0 spiro atoms. The maximum atomic E-state index is 12.0. The normalized spacial score (nSPS) is 26.7. The molecule has 0 aliphatic heterocycles. The Morgan fingerprint density at radius 3 is 2.06 bits per heavy atom. The number of ketones is 1. The number of carboxylic acids is 1. The molecule has 0 amide bonds. The molecular weight excluding hydrogens is 228 g/mol. The summed E-state index contributed by atoms with van der Waals surface area (Å²) in [6.07, 6.45) is 4.27. The van der Waals surface area contributed by atoms with Crippen molar-refractivity contribution in [1.29, 1.82) is 0 Å². The summed E-state index contributed by atoms with van der Waals surface area (Å²) in [4.78, 5) is 22.8. The average molecular weight is 254 g/mol. The smallest absolute Gasteiger partial charge is 0.306 e. The lowest BCUT2D eigenvalue weighted by atomic mass is 9.69. The van der Waals surface area contributed by atoms with E-state index in [0.29, 0.717) is 11.3 Å². The molecule has 0 radical (unpaired) electrons. The van der Waals surface area contributed by atoms with Gasteiger partial charge in [-0.15, -0.1) is 0 Å². The Bertz CT molecular complexity index is 306. The van der Waals surface area contributed by atoms with E-state index < -0.39 is 11.9 Å². The molecule has 0 aromatic carbocycles. The summed E-state index contributed by atoms with van der Waals surface area (Å²) in [6, 6.07) is 0. The highest BCUT2D eigenvalue weighted by molar-refractivity contribution is 5.85. The number of carbonyl (C=O) groups excluding carboxylic acids is 1. The molecule has 1 rings (SSSR count). The second-order valence-corrected chi connectivity index (χ2v) is 6.82. The van der Waals surface area contributed by atoms with Crippen LogP contribution < -0.4 is 0 Å². The molecule has 18 heavy (non-hydrogen) atoms. The van der Waals surface area contributed by atoms with Crippen molar-refractivity contribution in [2.45, 2.75) is 59.8 Å². The van der Waals surface area contributed by atoms with Gasteiger partial charge in [0.1, 0.15) is 5.78 Å². The Labute approximate surface area is 110 Å². The summed E-state index contributed by atoms with van der Waals surface area (Å²) in [5, 5.41) is 8.83. The Morgan fingerprint density at radius 1 is 1.17 bits per heavy atom. The van der Waals surface area contributed by atoms with Crippen molar-refractivity contribution in [1.82, 2.24) is 0 Å². The zero-order valence-corrected chi connectivity index (χ0v) is 12.0. The highest BCUT2D eigenvalue weighted by Gasteiger charge is 2.32. The molecule has 1 unspecified atom stereocenters. The van der Waals surface area contributed by atoms with Crippen molar-refractivity contribution < 1.29 is 14.7 Å². The fourth-order valence-corrected chi connectivity index (χ4v) is 2.84. The van der Waals surface area contributed by atoms with Crippen molar-refractivity contribution in [2.75, 3.05) is 0 Å². The van der Waals surface area contributed by atoms with Crippen LogP contribution in [0.2, 0.25) is 0 Å². The van der Waals surface area contributed by atoms with Crippen LogP contribution >= 0.6 is 0 Å². The highest BCUT2D eigenvalue weighted by atomic mass is 16.4. The first-order valence-corrected chi connectivity index (χ1v) is 6.97. The van der Waals surface area contributed by atoms with E-state index >= 15 is 0 Å². The number of Topliss-reactive ketones (excluding diaryl/α,β-unsaturated/α-hetero) is 1. The van der Waals surface area contributed by atoms with Crippen LogP contribution in [0.1, 0.15) is 59.8 Å². The van der Waals surface area contributed by atoms with Gasteiger partial charge in [0, 0.05) is 12.3 Å². The van der Waals surface area contributed by atoms with Crippen LogP contribution in [-0.2, 0) is 9.59 Å². The zero-order valence-electron chi connectivity index (χ0n) is 12.0. The van der Waals surface area contributed by atoms with Gasteiger partial charge >= 0.3 is 5.97 Å². The lowest BCUT2D eigenvalue weighted by Crippen LogP contribution is -2.30. The molecule has 104 valence electrons. The van der Waals surface area contributed by atoms with Crippen molar-refractivity contribution >= 4 is 11.8 Å². The van der Waals surface area contributed by atoms with Crippen molar-refractivity contribution in [2.24, 2.45) is 23.2 Å². The minimum absolute atomic E-state index is 0.102. The molecule has 3 heteroatoms. The first kappa shape index (κ1) is 15.2. The van der Waals surface area contributed by atoms with E-state index in [1.165, 1.54) is 0 Å². The summed E-state index contributed by atoms with van der Waals surface area (Å²) in [5.41, 5.74) is 0.322. The van der Waals surface area contributed by atoms with Crippen LogP contribution in [0, 0.1) is 23.2 Å². The third kappa shape index (κ3) is 4.11. The van der Waals surface area contributed by atoms with Gasteiger partial charge in [0.15, 0.2) is 0 Å². The minimum atomic E-state index is -0.869. The Hall–Kier alpha value is -0.860. The predicted octanol–water partition coefficient (Wildman–Crippen LogP) is 3.52. The van der Waals surface area contributed by atoms with Crippen LogP contribution in [0.4, 0.5) is 0 Å². The molecule has 1 N–H and O–H groups in total. The lowest BCUT2D eigenvalue weighted by molar-refractivity contribution is -0.143. The van der Waals surface area contributed by atoms with Crippen molar-refractivity contribution in [3.8, 4) is 0 Å². The fraction of sp³-hybridized carbons (Fsp3) is 0.867. The van der Waals surface area contributed by atoms with Gasteiger partial charge in [0.25, 0.3) is 0 Å². The number of hydrogen-bond acceptors (Lipinski definition) is 2. The largest absolute Gasteiger partial charge is 0.481 e. The molecule has 1 saturated carbocycles. The maximum absolute atomic E-state index is 12.0. The molecule has 3 nitrogen and oxygen atoms in total. The van der Waals surface area contributed by atoms with Crippen LogP contribution in [0.15, 0.2) is 0 Å². The van der Waals surface area contributed by atoms with Gasteiger partial charge < -0.3 is 5.11 Å².